The third-order valence-electron chi connectivity index (χ3n) is 3.35. The van der Waals surface area contributed by atoms with Gasteiger partial charge in [0.05, 0.1) is 6.54 Å². The van der Waals surface area contributed by atoms with Crippen LogP contribution >= 0.6 is 0 Å². The number of hydrogen-bond acceptors (Lipinski definition) is 3. The second-order valence-electron chi connectivity index (χ2n) is 5.74. The fourth-order valence-corrected chi connectivity index (χ4v) is 2.35. The predicted molar refractivity (Wildman–Crippen MR) is 64.0 cm³/mol. The van der Waals surface area contributed by atoms with Crippen LogP contribution in [0.25, 0.3) is 0 Å². The minimum Gasteiger partial charge on any atom is -0.324 e. The molecule has 0 atom stereocenters. The van der Waals surface area contributed by atoms with E-state index in [1.54, 1.807) is 0 Å². The Morgan fingerprint density at radius 3 is 2.31 bits per heavy atom. The molecular formula is C12H22N4. The predicted octanol–water partition coefficient (Wildman–Crippen LogP) is 1.83. The van der Waals surface area contributed by atoms with E-state index in [0.717, 1.165) is 24.0 Å². The topological polar surface area (TPSA) is 56.7 Å². The van der Waals surface area contributed by atoms with Crippen molar-refractivity contribution in [1.29, 1.82) is 0 Å². The number of nitrogens with two attached hydrogens (primary N) is 1. The van der Waals surface area contributed by atoms with Crippen molar-refractivity contribution in [2.45, 2.75) is 58.5 Å². The van der Waals surface area contributed by atoms with E-state index in [1.807, 2.05) is 0 Å². The van der Waals surface area contributed by atoms with Crippen LogP contribution in [0.15, 0.2) is 0 Å². The molecule has 90 valence electrons. The van der Waals surface area contributed by atoms with Crippen molar-refractivity contribution in [1.82, 2.24) is 14.8 Å². The van der Waals surface area contributed by atoms with E-state index in [2.05, 4.69) is 35.5 Å². The zero-order valence-electron chi connectivity index (χ0n) is 10.5. The van der Waals surface area contributed by atoms with Gasteiger partial charge in [0.1, 0.15) is 11.6 Å². The summed E-state index contributed by atoms with van der Waals surface area (Å²) in [6.07, 6.45) is 5.12. The van der Waals surface area contributed by atoms with Crippen LogP contribution in [0, 0.1) is 5.92 Å². The summed E-state index contributed by atoms with van der Waals surface area (Å²) >= 11 is 0. The van der Waals surface area contributed by atoms with E-state index in [9.17, 15) is 0 Å². The molecule has 1 aliphatic rings. The third-order valence-corrected chi connectivity index (χ3v) is 3.35. The zero-order chi connectivity index (χ0) is 11.8. The summed E-state index contributed by atoms with van der Waals surface area (Å²) in [4.78, 5) is 0. The molecule has 1 fully saturated rings. The standard InChI is InChI=1S/C12H22N4/c1-12(2,3)16-10(7-9-5-4-6-9)14-15-11(16)8-13/h9H,4-8,13H2,1-3H3. The number of nitrogens with zero attached hydrogens (tertiary/aromatic N) is 3. The Hall–Kier alpha value is -0.900. The molecule has 16 heavy (non-hydrogen) atoms. The minimum absolute atomic E-state index is 0.0251. The molecule has 0 unspecified atom stereocenters. The molecule has 0 aromatic carbocycles. The number of aromatic nitrogens is 3. The summed E-state index contributed by atoms with van der Waals surface area (Å²) in [7, 11) is 0. The number of rotatable bonds is 3. The molecule has 4 nitrogen and oxygen atoms in total. The molecule has 0 amide bonds. The van der Waals surface area contributed by atoms with Crippen molar-refractivity contribution in [3.05, 3.63) is 11.6 Å². The molecule has 1 aliphatic carbocycles. The molecule has 1 heterocycles. The molecule has 2 rings (SSSR count). The average molecular weight is 222 g/mol. The highest BCUT2D eigenvalue weighted by Gasteiger charge is 2.26. The fourth-order valence-electron chi connectivity index (χ4n) is 2.35. The largest absolute Gasteiger partial charge is 0.324 e. The Morgan fingerprint density at radius 2 is 1.88 bits per heavy atom. The van der Waals surface area contributed by atoms with Gasteiger partial charge in [0.25, 0.3) is 0 Å². The Bertz CT molecular complexity index is 358. The van der Waals surface area contributed by atoms with Crippen LogP contribution < -0.4 is 5.73 Å². The maximum absolute atomic E-state index is 5.71. The van der Waals surface area contributed by atoms with Crippen molar-refractivity contribution in [2.24, 2.45) is 11.7 Å². The van der Waals surface area contributed by atoms with E-state index in [4.69, 9.17) is 5.73 Å². The monoisotopic (exact) mass is 222 g/mol. The van der Waals surface area contributed by atoms with Crippen LogP contribution in [-0.2, 0) is 18.5 Å². The number of hydrogen-bond donors (Lipinski definition) is 1. The molecule has 0 radical (unpaired) electrons. The van der Waals surface area contributed by atoms with Crippen molar-refractivity contribution in [2.75, 3.05) is 0 Å². The van der Waals surface area contributed by atoms with Gasteiger partial charge in [-0.3, -0.25) is 0 Å². The summed E-state index contributed by atoms with van der Waals surface area (Å²) in [5.41, 5.74) is 5.74. The van der Waals surface area contributed by atoms with Crippen LogP contribution in [-0.4, -0.2) is 14.8 Å². The van der Waals surface area contributed by atoms with Gasteiger partial charge < -0.3 is 10.3 Å². The van der Waals surface area contributed by atoms with Crippen LogP contribution in [0.5, 0.6) is 0 Å². The Balaban J connectivity index is 2.25. The summed E-state index contributed by atoms with van der Waals surface area (Å²) in [6.45, 7) is 7.01. The highest BCUT2D eigenvalue weighted by atomic mass is 15.3. The third kappa shape index (κ3) is 2.12. The van der Waals surface area contributed by atoms with Gasteiger partial charge >= 0.3 is 0 Å². The van der Waals surface area contributed by atoms with E-state index < -0.39 is 0 Å². The van der Waals surface area contributed by atoms with Gasteiger partial charge in [-0.2, -0.15) is 0 Å². The first kappa shape index (κ1) is 11.6. The van der Waals surface area contributed by atoms with Gasteiger partial charge in [-0.15, -0.1) is 10.2 Å². The molecule has 1 aromatic rings. The first-order valence-corrected chi connectivity index (χ1v) is 6.16. The van der Waals surface area contributed by atoms with E-state index in [1.165, 1.54) is 19.3 Å². The fraction of sp³-hybridized carbons (Fsp3) is 0.833. The van der Waals surface area contributed by atoms with Gasteiger partial charge in [-0.1, -0.05) is 19.3 Å². The second-order valence-corrected chi connectivity index (χ2v) is 5.74. The summed E-state index contributed by atoms with van der Waals surface area (Å²) < 4.78 is 2.21. The molecule has 4 heteroatoms. The molecule has 0 spiro atoms. The molecule has 2 N–H and O–H groups in total. The van der Waals surface area contributed by atoms with Gasteiger partial charge in [0.2, 0.25) is 0 Å². The van der Waals surface area contributed by atoms with Crippen molar-refractivity contribution in [3.63, 3.8) is 0 Å². The first-order chi connectivity index (χ1) is 7.52. The molecule has 0 aliphatic heterocycles. The van der Waals surface area contributed by atoms with Gasteiger partial charge in [-0.05, 0) is 26.7 Å². The lowest BCUT2D eigenvalue weighted by molar-refractivity contribution is 0.291. The Labute approximate surface area is 97.2 Å². The normalized spacial score (nSPS) is 17.5. The minimum atomic E-state index is 0.0251. The van der Waals surface area contributed by atoms with E-state index in [-0.39, 0.29) is 5.54 Å². The molecule has 1 aromatic heterocycles. The zero-order valence-corrected chi connectivity index (χ0v) is 10.5. The molecule has 1 saturated carbocycles. The highest BCUT2D eigenvalue weighted by Crippen LogP contribution is 2.30. The van der Waals surface area contributed by atoms with E-state index in [0.29, 0.717) is 6.54 Å². The van der Waals surface area contributed by atoms with Crippen molar-refractivity contribution in [3.8, 4) is 0 Å². The van der Waals surface area contributed by atoms with Crippen LogP contribution in [0.3, 0.4) is 0 Å². The van der Waals surface area contributed by atoms with Gasteiger partial charge in [0.15, 0.2) is 0 Å². The maximum Gasteiger partial charge on any atom is 0.147 e. The summed E-state index contributed by atoms with van der Waals surface area (Å²) in [6, 6.07) is 0. The summed E-state index contributed by atoms with van der Waals surface area (Å²) in [5, 5.41) is 8.51. The van der Waals surface area contributed by atoms with Crippen LogP contribution in [0.4, 0.5) is 0 Å². The van der Waals surface area contributed by atoms with E-state index >= 15 is 0 Å². The highest BCUT2D eigenvalue weighted by molar-refractivity contribution is 5.02. The SMILES string of the molecule is CC(C)(C)n1c(CN)nnc1CC1CCC1. The average Bonchev–Trinajstić information content (AvgIpc) is 2.53. The van der Waals surface area contributed by atoms with Crippen molar-refractivity contribution >= 4 is 0 Å². The lowest BCUT2D eigenvalue weighted by Crippen LogP contribution is -2.29. The van der Waals surface area contributed by atoms with Crippen molar-refractivity contribution < 1.29 is 0 Å². The van der Waals surface area contributed by atoms with Gasteiger partial charge in [-0.25, -0.2) is 0 Å². The Morgan fingerprint density at radius 1 is 1.25 bits per heavy atom. The smallest absolute Gasteiger partial charge is 0.147 e. The van der Waals surface area contributed by atoms with Crippen LogP contribution in [0.1, 0.15) is 51.7 Å². The maximum atomic E-state index is 5.71. The molecular weight excluding hydrogens is 200 g/mol. The molecule has 0 bridgehead atoms. The van der Waals surface area contributed by atoms with Crippen LogP contribution in [0.2, 0.25) is 0 Å². The lowest BCUT2D eigenvalue weighted by Gasteiger charge is -2.29. The lowest BCUT2D eigenvalue weighted by atomic mass is 9.82. The second kappa shape index (κ2) is 4.17. The quantitative estimate of drug-likeness (QED) is 0.849. The first-order valence-electron chi connectivity index (χ1n) is 6.16. The van der Waals surface area contributed by atoms with Gasteiger partial charge in [0, 0.05) is 12.0 Å². The summed E-state index contributed by atoms with van der Waals surface area (Å²) in [5.74, 6) is 2.83. The molecule has 0 saturated heterocycles. The Kier molecular flexibility index (Phi) is 3.02.